The number of quaternary nitrogens is 1. The van der Waals surface area contributed by atoms with Gasteiger partial charge in [-0.05, 0) is 44.9 Å². The van der Waals surface area contributed by atoms with Crippen molar-refractivity contribution in [3.05, 3.63) is 72.9 Å². The number of likely N-dealkylation sites (N-methyl/N-ethyl adjacent to an activating group) is 1. The van der Waals surface area contributed by atoms with Crippen molar-refractivity contribution in [2.45, 2.75) is 148 Å². The molecule has 0 saturated heterocycles. The number of ether oxygens (including phenoxy) is 2. The quantitative estimate of drug-likeness (QED) is 0.0165. The van der Waals surface area contributed by atoms with E-state index in [4.69, 9.17) is 18.5 Å². The summed E-state index contributed by atoms with van der Waals surface area (Å²) < 4.78 is 33.6. The van der Waals surface area contributed by atoms with E-state index in [-0.39, 0.29) is 32.5 Å². The Morgan fingerprint density at radius 2 is 1.20 bits per heavy atom. The molecule has 0 rings (SSSR count). The highest BCUT2D eigenvalue weighted by atomic mass is 31.2. The molecular formula is C44H76NO9P. The van der Waals surface area contributed by atoms with Crippen LogP contribution in [0, 0.1) is 0 Å². The lowest BCUT2D eigenvalue weighted by atomic mass is 10.1. The molecule has 55 heavy (non-hydrogen) atoms. The van der Waals surface area contributed by atoms with Gasteiger partial charge in [-0.25, -0.2) is 0 Å². The van der Waals surface area contributed by atoms with E-state index in [9.17, 15) is 24.2 Å². The molecule has 316 valence electrons. The van der Waals surface area contributed by atoms with E-state index >= 15 is 0 Å². The van der Waals surface area contributed by atoms with Gasteiger partial charge in [0.2, 0.25) is 0 Å². The van der Waals surface area contributed by atoms with Crippen LogP contribution in [0.3, 0.4) is 0 Å². The van der Waals surface area contributed by atoms with E-state index in [1.165, 1.54) is 44.9 Å². The third-order valence-electron chi connectivity index (χ3n) is 8.36. The number of hydrogen-bond donors (Lipinski definition) is 1. The van der Waals surface area contributed by atoms with Gasteiger partial charge in [-0.2, -0.15) is 0 Å². The SMILES string of the molecule is CC/C=C\C/C=C\C/C=C\C/C=C\C/C=C\C=C/C(O)CCC(=O)O[C@H](COC(=O)CCCCCCCCCCCCC)COP(=O)([O-])OCC[N+](C)(C)C. The first kappa shape index (κ1) is 52.4. The van der Waals surface area contributed by atoms with Crippen molar-refractivity contribution in [1.82, 2.24) is 0 Å². The van der Waals surface area contributed by atoms with Crippen molar-refractivity contribution in [1.29, 1.82) is 0 Å². The fraction of sp³-hybridized carbons (Fsp3) is 0.682. The second kappa shape index (κ2) is 35.8. The second-order valence-electron chi connectivity index (χ2n) is 14.8. The Balaban J connectivity index is 4.66. The molecule has 0 spiro atoms. The van der Waals surface area contributed by atoms with Crippen LogP contribution < -0.4 is 4.89 Å². The van der Waals surface area contributed by atoms with Crippen molar-refractivity contribution in [3.63, 3.8) is 0 Å². The van der Waals surface area contributed by atoms with Gasteiger partial charge in [0.25, 0.3) is 7.82 Å². The summed E-state index contributed by atoms with van der Waals surface area (Å²) in [6.45, 7) is 3.79. The first-order chi connectivity index (χ1) is 26.4. The number of aliphatic hydroxyl groups is 1. The Morgan fingerprint density at radius 3 is 1.75 bits per heavy atom. The minimum absolute atomic E-state index is 0.0757. The highest BCUT2D eigenvalue weighted by Gasteiger charge is 2.22. The number of carbonyl (C=O) groups is 2. The Labute approximate surface area is 334 Å². The van der Waals surface area contributed by atoms with Gasteiger partial charge in [0.1, 0.15) is 19.8 Å². The minimum atomic E-state index is -4.69. The van der Waals surface area contributed by atoms with Crippen LogP contribution in [0.15, 0.2) is 72.9 Å². The van der Waals surface area contributed by atoms with E-state index in [0.29, 0.717) is 17.4 Å². The number of aliphatic hydroxyl groups excluding tert-OH is 1. The molecule has 0 aliphatic carbocycles. The van der Waals surface area contributed by atoms with Crippen LogP contribution in [0.25, 0.3) is 0 Å². The van der Waals surface area contributed by atoms with E-state index in [0.717, 1.165) is 51.4 Å². The zero-order chi connectivity index (χ0) is 40.9. The van der Waals surface area contributed by atoms with E-state index < -0.39 is 38.6 Å². The molecule has 0 aromatic rings. The first-order valence-corrected chi connectivity index (χ1v) is 22.2. The lowest BCUT2D eigenvalue weighted by Gasteiger charge is -2.28. The van der Waals surface area contributed by atoms with Crippen LogP contribution in [-0.4, -0.2) is 81.2 Å². The predicted octanol–water partition coefficient (Wildman–Crippen LogP) is 9.80. The molecule has 1 N–H and O–H groups in total. The van der Waals surface area contributed by atoms with Crippen molar-refractivity contribution < 1.29 is 47.2 Å². The summed E-state index contributed by atoms with van der Waals surface area (Å²) in [5, 5.41) is 10.3. The summed E-state index contributed by atoms with van der Waals surface area (Å²) >= 11 is 0. The molecular weight excluding hydrogens is 717 g/mol. The predicted molar refractivity (Wildman–Crippen MR) is 223 cm³/mol. The Bertz CT molecular complexity index is 1190. The Morgan fingerprint density at radius 1 is 0.673 bits per heavy atom. The maximum atomic E-state index is 12.7. The number of allylic oxidation sites excluding steroid dienone is 11. The van der Waals surface area contributed by atoms with Crippen molar-refractivity contribution in [2.24, 2.45) is 0 Å². The molecule has 0 aromatic heterocycles. The number of rotatable bonds is 36. The van der Waals surface area contributed by atoms with Crippen molar-refractivity contribution in [2.75, 3.05) is 47.5 Å². The average molecular weight is 794 g/mol. The summed E-state index contributed by atoms with van der Waals surface area (Å²) in [5.41, 5.74) is 0. The van der Waals surface area contributed by atoms with Gasteiger partial charge in [0.05, 0.1) is 33.9 Å². The van der Waals surface area contributed by atoms with E-state index in [1.54, 1.807) is 12.2 Å². The monoisotopic (exact) mass is 794 g/mol. The molecule has 0 bridgehead atoms. The standard InChI is InChI=1S/C44H76NO9P/c1-6-8-10-12-14-16-18-19-20-21-22-24-25-27-29-31-33-41(46)35-36-44(48)54-42(40-53-55(49,50)52-38-37-45(3,4)5)39-51-43(47)34-32-30-28-26-23-17-15-13-11-9-7-2/h8,10,14,16,19-20,22,24,27,29,31,33,41-42,46H,6-7,9,11-13,15,17-18,21,23,25-26,28,30,32,34-40H2,1-5H3/b10-8-,16-14-,20-19-,24-22-,29-27-,33-31-/t41?,42-/m1/s1. The summed E-state index contributed by atoms with van der Waals surface area (Å²) in [4.78, 5) is 37.4. The molecule has 0 amide bonds. The number of phosphoric ester groups is 1. The van der Waals surface area contributed by atoms with Gasteiger partial charge in [-0.1, -0.05) is 151 Å². The topological polar surface area (TPSA) is 131 Å². The van der Waals surface area contributed by atoms with Crippen LogP contribution in [0.1, 0.15) is 136 Å². The largest absolute Gasteiger partial charge is 0.756 e. The number of phosphoric acid groups is 1. The lowest BCUT2D eigenvalue weighted by molar-refractivity contribution is -0.870. The number of nitrogens with zero attached hydrogens (tertiary/aromatic N) is 1. The molecule has 3 atom stereocenters. The van der Waals surface area contributed by atoms with Crippen LogP contribution in [0.2, 0.25) is 0 Å². The lowest BCUT2D eigenvalue weighted by Crippen LogP contribution is -2.37. The third-order valence-corrected chi connectivity index (χ3v) is 9.32. The van der Waals surface area contributed by atoms with Crippen molar-refractivity contribution in [3.8, 4) is 0 Å². The van der Waals surface area contributed by atoms with Crippen LogP contribution >= 0.6 is 7.82 Å². The van der Waals surface area contributed by atoms with Crippen LogP contribution in [-0.2, 0) is 32.7 Å². The molecule has 10 nitrogen and oxygen atoms in total. The molecule has 11 heteroatoms. The zero-order valence-corrected chi connectivity index (χ0v) is 35.8. The number of carbonyl (C=O) groups excluding carboxylic acids is 2. The maximum absolute atomic E-state index is 12.7. The first-order valence-electron chi connectivity index (χ1n) is 20.8. The number of esters is 2. The van der Waals surface area contributed by atoms with Gasteiger partial charge in [0.15, 0.2) is 6.10 Å². The second-order valence-corrected chi connectivity index (χ2v) is 16.2. The fourth-order valence-electron chi connectivity index (χ4n) is 5.06. The zero-order valence-electron chi connectivity index (χ0n) is 35.0. The van der Waals surface area contributed by atoms with Crippen molar-refractivity contribution >= 4 is 19.8 Å². The Hall–Kier alpha value is -2.59. The third kappa shape index (κ3) is 39.4. The van der Waals surface area contributed by atoms with Crippen LogP contribution in [0.4, 0.5) is 0 Å². The molecule has 0 radical (unpaired) electrons. The van der Waals surface area contributed by atoms with Crippen LogP contribution in [0.5, 0.6) is 0 Å². The summed E-state index contributed by atoms with van der Waals surface area (Å²) in [7, 11) is 1.01. The van der Waals surface area contributed by atoms with Gasteiger partial charge < -0.3 is 33.0 Å². The van der Waals surface area contributed by atoms with Gasteiger partial charge in [-0.15, -0.1) is 0 Å². The summed E-state index contributed by atoms with van der Waals surface area (Å²) in [5.74, 6) is -1.12. The molecule has 0 aliphatic heterocycles. The normalized spacial score (nSPS) is 15.0. The summed E-state index contributed by atoms with van der Waals surface area (Å²) in [6, 6.07) is 0. The smallest absolute Gasteiger partial charge is 0.306 e. The summed E-state index contributed by atoms with van der Waals surface area (Å²) in [6.07, 6.45) is 39.8. The Kier molecular flexibility index (Phi) is 34.1. The van der Waals surface area contributed by atoms with Gasteiger partial charge in [-0.3, -0.25) is 14.2 Å². The van der Waals surface area contributed by atoms with Gasteiger partial charge >= 0.3 is 11.9 Å². The van der Waals surface area contributed by atoms with E-state index in [1.807, 2.05) is 33.3 Å². The maximum Gasteiger partial charge on any atom is 0.306 e. The molecule has 0 saturated carbocycles. The number of unbranched alkanes of at least 4 members (excludes halogenated alkanes) is 10. The van der Waals surface area contributed by atoms with E-state index in [2.05, 4.69) is 62.5 Å². The molecule has 0 heterocycles. The van der Waals surface area contributed by atoms with Gasteiger partial charge in [0, 0.05) is 12.8 Å². The number of hydrogen-bond acceptors (Lipinski definition) is 9. The molecule has 0 aliphatic rings. The molecule has 0 aromatic carbocycles. The fourth-order valence-corrected chi connectivity index (χ4v) is 5.79. The molecule has 2 unspecified atom stereocenters. The highest BCUT2D eigenvalue weighted by molar-refractivity contribution is 7.45. The molecule has 0 fully saturated rings. The minimum Gasteiger partial charge on any atom is -0.756 e. The average Bonchev–Trinajstić information content (AvgIpc) is 3.13. The highest BCUT2D eigenvalue weighted by Crippen LogP contribution is 2.38.